The third-order valence-electron chi connectivity index (χ3n) is 3.79. The summed E-state index contributed by atoms with van der Waals surface area (Å²) in [6.45, 7) is 5.93. The number of aliphatic imine (C=N–C) groups is 1. The molecule has 0 saturated carbocycles. The minimum absolute atomic E-state index is 0.0460. The van der Waals surface area contributed by atoms with Crippen molar-refractivity contribution in [3.63, 3.8) is 0 Å². The molecule has 1 aliphatic rings. The van der Waals surface area contributed by atoms with Crippen LogP contribution < -0.4 is 10.4 Å². The Morgan fingerprint density at radius 1 is 1.36 bits per heavy atom. The number of hydrogen-bond acceptors (Lipinski definition) is 4. The zero-order chi connectivity index (χ0) is 15.9. The van der Waals surface area contributed by atoms with Crippen LogP contribution in [0.1, 0.15) is 32.4 Å². The molecule has 3 rings (SSSR count). The number of fused-ring (bicyclic) bond motifs is 1. The van der Waals surface area contributed by atoms with Gasteiger partial charge in [-0.25, -0.2) is 0 Å². The number of carbonyl (C=O) groups excluding carboxylic acids is 1. The first-order chi connectivity index (χ1) is 10.4. The van der Waals surface area contributed by atoms with Crippen molar-refractivity contribution >= 4 is 23.0 Å². The van der Waals surface area contributed by atoms with E-state index in [1.54, 1.807) is 0 Å². The average Bonchev–Trinajstić information content (AvgIpc) is 3.02. The summed E-state index contributed by atoms with van der Waals surface area (Å²) in [4.78, 5) is 20.2. The molecule has 6 nitrogen and oxygen atoms in total. The third kappa shape index (κ3) is 2.41. The summed E-state index contributed by atoms with van der Waals surface area (Å²) in [5.41, 5.74) is 1.53. The lowest BCUT2D eigenvalue weighted by molar-refractivity contribution is -0.264. The van der Waals surface area contributed by atoms with Gasteiger partial charge in [-0.15, -0.1) is 0 Å². The van der Waals surface area contributed by atoms with E-state index in [0.29, 0.717) is 12.5 Å². The summed E-state index contributed by atoms with van der Waals surface area (Å²) in [6.07, 6.45) is 0.694. The van der Waals surface area contributed by atoms with Crippen LogP contribution in [-0.2, 0) is 0 Å². The van der Waals surface area contributed by atoms with Crippen LogP contribution in [0.5, 0.6) is 0 Å². The van der Waals surface area contributed by atoms with Gasteiger partial charge in [0, 0.05) is 28.2 Å². The first-order valence-electron chi connectivity index (χ1n) is 7.26. The lowest BCUT2D eigenvalue weighted by atomic mass is 10.1. The minimum Gasteiger partial charge on any atom is -0.530 e. The molecule has 2 aromatic rings. The Morgan fingerprint density at radius 2 is 2.09 bits per heavy atom. The Hall–Kier alpha value is -2.50. The number of hydrogen-bond donors (Lipinski definition) is 2. The van der Waals surface area contributed by atoms with E-state index in [0.717, 1.165) is 16.5 Å². The molecule has 0 bridgehead atoms. The number of H-pyrrole nitrogens is 1. The van der Waals surface area contributed by atoms with Crippen molar-refractivity contribution in [1.82, 2.24) is 15.2 Å². The van der Waals surface area contributed by atoms with Gasteiger partial charge in [0.2, 0.25) is 5.96 Å². The highest BCUT2D eigenvalue weighted by Crippen LogP contribution is 2.27. The number of benzene rings is 1. The smallest absolute Gasteiger partial charge is 0.200 e. The Labute approximate surface area is 128 Å². The molecule has 0 radical (unpaired) electrons. The van der Waals surface area contributed by atoms with E-state index in [-0.39, 0.29) is 6.04 Å². The molecule has 22 heavy (non-hydrogen) atoms. The number of nitrogens with zero attached hydrogens (tertiary/aromatic N) is 2. The molecule has 0 aliphatic carbocycles. The van der Waals surface area contributed by atoms with Crippen molar-refractivity contribution in [1.29, 1.82) is 0 Å². The summed E-state index contributed by atoms with van der Waals surface area (Å²) in [5, 5.41) is 15.8. The number of nitrogens with one attached hydrogen (secondary N) is 2. The van der Waals surface area contributed by atoms with E-state index in [4.69, 9.17) is 0 Å². The normalized spacial score (nSPS) is 18.1. The average molecular weight is 299 g/mol. The first kappa shape index (κ1) is 14.4. The maximum Gasteiger partial charge on any atom is 0.200 e. The molecule has 1 unspecified atom stereocenters. The van der Waals surface area contributed by atoms with Crippen molar-refractivity contribution in [2.45, 2.75) is 32.4 Å². The quantitative estimate of drug-likeness (QED) is 0.839. The van der Waals surface area contributed by atoms with Crippen LogP contribution in [-0.4, -0.2) is 34.0 Å². The predicted molar refractivity (Wildman–Crippen MR) is 83.5 cm³/mol. The minimum atomic E-state index is -1.25. The van der Waals surface area contributed by atoms with E-state index < -0.39 is 11.6 Å². The van der Waals surface area contributed by atoms with E-state index in [9.17, 15) is 9.90 Å². The number of amides is 1. The van der Waals surface area contributed by atoms with Gasteiger partial charge in [0.25, 0.3) is 0 Å². The van der Waals surface area contributed by atoms with Crippen LogP contribution in [0, 0.1) is 0 Å². The van der Waals surface area contributed by atoms with Crippen LogP contribution in [0.2, 0.25) is 0 Å². The molecule has 1 atom stereocenters. The van der Waals surface area contributed by atoms with Gasteiger partial charge in [0.15, 0.2) is 0 Å². The molecule has 2 N–H and O–H groups in total. The van der Waals surface area contributed by atoms with Gasteiger partial charge in [-0.2, -0.15) is 0 Å². The standard InChI is InChI=1S/C16H20N4O2/c1-16(2,3)20(15(21)22)14-18-9-13(19-14)11-8-17-12-7-5-4-6-10(11)12/h4-8,13,17H,9H2,1-3H3,(H,18,19)(H,21,22)/p-1. The van der Waals surface area contributed by atoms with Gasteiger partial charge in [-0.1, -0.05) is 18.2 Å². The summed E-state index contributed by atoms with van der Waals surface area (Å²) in [6, 6.07) is 7.97. The van der Waals surface area contributed by atoms with E-state index in [1.165, 1.54) is 4.90 Å². The Balaban J connectivity index is 1.86. The van der Waals surface area contributed by atoms with E-state index in [1.807, 2.05) is 51.2 Å². The van der Waals surface area contributed by atoms with Crippen LogP contribution in [0.15, 0.2) is 35.5 Å². The van der Waals surface area contributed by atoms with Crippen molar-refractivity contribution in [2.75, 3.05) is 6.54 Å². The number of aromatic amines is 1. The van der Waals surface area contributed by atoms with Gasteiger partial charge in [-0.05, 0) is 26.8 Å². The highest BCUT2D eigenvalue weighted by Gasteiger charge is 2.31. The topological polar surface area (TPSA) is 83.6 Å². The number of carbonyl (C=O) groups is 1. The third-order valence-corrected chi connectivity index (χ3v) is 3.79. The van der Waals surface area contributed by atoms with Gasteiger partial charge in [-0.3, -0.25) is 9.89 Å². The van der Waals surface area contributed by atoms with Crippen LogP contribution in [0.25, 0.3) is 10.9 Å². The fraction of sp³-hybridized carbons (Fsp3) is 0.375. The predicted octanol–water partition coefficient (Wildman–Crippen LogP) is 1.61. The second-order valence-electron chi connectivity index (χ2n) is 6.42. The zero-order valence-corrected chi connectivity index (χ0v) is 12.9. The molecule has 1 aromatic heterocycles. The molecule has 0 spiro atoms. The molecular formula is C16H19N4O2-. The Morgan fingerprint density at radius 3 is 2.77 bits per heavy atom. The van der Waals surface area contributed by atoms with Crippen LogP contribution in [0.3, 0.4) is 0 Å². The number of aromatic nitrogens is 1. The monoisotopic (exact) mass is 299 g/mol. The SMILES string of the molecule is CC(C)(C)N(C(=O)[O-])C1=NCC(c2c[nH]c3ccccc23)N1. The second kappa shape index (κ2) is 5.05. The largest absolute Gasteiger partial charge is 0.530 e. The van der Waals surface area contributed by atoms with Crippen LogP contribution >= 0.6 is 0 Å². The molecular weight excluding hydrogens is 280 g/mol. The van der Waals surface area contributed by atoms with Gasteiger partial charge < -0.3 is 20.2 Å². The zero-order valence-electron chi connectivity index (χ0n) is 12.9. The maximum atomic E-state index is 11.4. The molecule has 1 amide bonds. The first-order valence-corrected chi connectivity index (χ1v) is 7.26. The number of rotatable bonds is 1. The lowest BCUT2D eigenvalue weighted by Crippen LogP contribution is -2.57. The number of carboxylic acid groups (broad SMARTS) is 1. The number of para-hydroxylation sites is 1. The highest BCUT2D eigenvalue weighted by atomic mass is 16.4. The second-order valence-corrected chi connectivity index (χ2v) is 6.42. The summed E-state index contributed by atoms with van der Waals surface area (Å²) in [7, 11) is 0. The van der Waals surface area contributed by atoms with Gasteiger partial charge in [0.1, 0.15) is 6.09 Å². The van der Waals surface area contributed by atoms with Crippen molar-refractivity contribution in [3.8, 4) is 0 Å². The van der Waals surface area contributed by atoms with Crippen molar-refractivity contribution in [2.24, 2.45) is 4.99 Å². The molecule has 0 fully saturated rings. The fourth-order valence-corrected chi connectivity index (χ4v) is 2.80. The molecule has 6 heteroatoms. The van der Waals surface area contributed by atoms with Gasteiger partial charge in [0.05, 0.1) is 12.6 Å². The van der Waals surface area contributed by atoms with Crippen molar-refractivity contribution < 1.29 is 9.90 Å². The van der Waals surface area contributed by atoms with E-state index in [2.05, 4.69) is 15.3 Å². The molecule has 116 valence electrons. The summed E-state index contributed by atoms with van der Waals surface area (Å²) >= 11 is 0. The molecule has 0 saturated heterocycles. The highest BCUT2D eigenvalue weighted by molar-refractivity contribution is 5.95. The summed E-state index contributed by atoms with van der Waals surface area (Å²) < 4.78 is 0. The van der Waals surface area contributed by atoms with Crippen molar-refractivity contribution in [3.05, 3.63) is 36.0 Å². The molecule has 1 aromatic carbocycles. The van der Waals surface area contributed by atoms with E-state index >= 15 is 0 Å². The fourth-order valence-electron chi connectivity index (χ4n) is 2.80. The summed E-state index contributed by atoms with van der Waals surface area (Å²) in [5.74, 6) is 0.350. The lowest BCUT2D eigenvalue weighted by Gasteiger charge is -2.37. The maximum absolute atomic E-state index is 11.4. The Bertz CT molecular complexity index is 742. The molecule has 2 heterocycles. The molecule has 1 aliphatic heterocycles. The van der Waals surface area contributed by atoms with Gasteiger partial charge >= 0.3 is 0 Å². The Kier molecular flexibility index (Phi) is 3.31. The van der Waals surface area contributed by atoms with Crippen LogP contribution in [0.4, 0.5) is 4.79 Å². The number of guanidine groups is 1.